The van der Waals surface area contributed by atoms with Crippen LogP contribution in [0.15, 0.2) is 18.6 Å². The number of anilines is 2. The zero-order chi connectivity index (χ0) is 11.7. The number of fused-ring (bicyclic) bond motifs is 1. The second-order valence-corrected chi connectivity index (χ2v) is 4.19. The van der Waals surface area contributed by atoms with E-state index in [1.807, 2.05) is 10.6 Å². The standard InChI is InChI=1S/C11H15N5O/c12-9-7-16-4-3-13-11(16)10(15-9)14-6-8-2-1-5-17-8/h3-4,7-8H,1-2,5-6,12H2,(H,14,15). The Kier molecular flexibility index (Phi) is 2.56. The molecular weight excluding hydrogens is 218 g/mol. The Morgan fingerprint density at radius 1 is 1.59 bits per heavy atom. The molecule has 6 nitrogen and oxygen atoms in total. The van der Waals surface area contributed by atoms with Gasteiger partial charge in [0.2, 0.25) is 0 Å². The number of nitrogen functional groups attached to an aromatic ring is 1. The predicted octanol–water partition coefficient (Wildman–Crippen LogP) is 0.902. The van der Waals surface area contributed by atoms with Crippen molar-refractivity contribution in [3.63, 3.8) is 0 Å². The van der Waals surface area contributed by atoms with Gasteiger partial charge in [0.05, 0.1) is 12.3 Å². The molecule has 0 saturated carbocycles. The van der Waals surface area contributed by atoms with Crippen molar-refractivity contribution in [3.05, 3.63) is 18.6 Å². The average molecular weight is 233 g/mol. The summed E-state index contributed by atoms with van der Waals surface area (Å²) in [5, 5.41) is 3.26. The van der Waals surface area contributed by atoms with Gasteiger partial charge in [-0.3, -0.25) is 0 Å². The number of aromatic nitrogens is 3. The molecule has 1 aliphatic heterocycles. The summed E-state index contributed by atoms with van der Waals surface area (Å²) in [6.07, 6.45) is 7.83. The van der Waals surface area contributed by atoms with Crippen molar-refractivity contribution in [2.24, 2.45) is 0 Å². The molecule has 0 aliphatic carbocycles. The smallest absolute Gasteiger partial charge is 0.180 e. The summed E-state index contributed by atoms with van der Waals surface area (Å²) in [6.45, 7) is 1.61. The first-order valence-electron chi connectivity index (χ1n) is 5.77. The van der Waals surface area contributed by atoms with E-state index in [0.29, 0.717) is 11.6 Å². The minimum absolute atomic E-state index is 0.272. The second-order valence-electron chi connectivity index (χ2n) is 4.19. The Morgan fingerprint density at radius 3 is 3.35 bits per heavy atom. The molecule has 3 rings (SSSR count). The molecule has 1 aliphatic rings. The predicted molar refractivity (Wildman–Crippen MR) is 64.9 cm³/mol. The molecule has 2 aromatic heterocycles. The minimum atomic E-state index is 0.272. The zero-order valence-corrected chi connectivity index (χ0v) is 9.47. The van der Waals surface area contributed by atoms with Gasteiger partial charge < -0.3 is 20.2 Å². The summed E-state index contributed by atoms with van der Waals surface area (Å²) in [7, 11) is 0. The molecule has 1 atom stereocenters. The first kappa shape index (κ1) is 10.3. The lowest BCUT2D eigenvalue weighted by Crippen LogP contribution is -2.19. The van der Waals surface area contributed by atoms with Crippen LogP contribution in [0.4, 0.5) is 11.6 Å². The van der Waals surface area contributed by atoms with Gasteiger partial charge in [0, 0.05) is 25.5 Å². The summed E-state index contributed by atoms with van der Waals surface area (Å²) in [5.74, 6) is 1.19. The Hall–Kier alpha value is -1.82. The van der Waals surface area contributed by atoms with Crippen molar-refractivity contribution in [2.45, 2.75) is 18.9 Å². The number of rotatable bonds is 3. The largest absolute Gasteiger partial charge is 0.382 e. The van der Waals surface area contributed by atoms with E-state index in [0.717, 1.165) is 31.6 Å². The Balaban J connectivity index is 1.81. The van der Waals surface area contributed by atoms with Gasteiger partial charge in [-0.05, 0) is 12.8 Å². The number of hydrogen-bond donors (Lipinski definition) is 2. The van der Waals surface area contributed by atoms with Crippen molar-refractivity contribution >= 4 is 17.3 Å². The third-order valence-corrected chi connectivity index (χ3v) is 2.91. The molecule has 0 amide bonds. The molecule has 90 valence electrons. The van der Waals surface area contributed by atoms with Crippen molar-refractivity contribution < 1.29 is 4.74 Å². The highest BCUT2D eigenvalue weighted by molar-refractivity contribution is 5.64. The van der Waals surface area contributed by atoms with E-state index in [1.165, 1.54) is 0 Å². The molecule has 1 saturated heterocycles. The molecule has 0 radical (unpaired) electrons. The molecule has 3 heterocycles. The normalized spacial score (nSPS) is 19.9. The molecule has 17 heavy (non-hydrogen) atoms. The minimum Gasteiger partial charge on any atom is -0.382 e. The van der Waals surface area contributed by atoms with E-state index < -0.39 is 0 Å². The lowest BCUT2D eigenvalue weighted by atomic mass is 10.2. The van der Waals surface area contributed by atoms with E-state index in [2.05, 4.69) is 15.3 Å². The summed E-state index contributed by atoms with van der Waals surface area (Å²) >= 11 is 0. The first-order valence-corrected chi connectivity index (χ1v) is 5.77. The maximum Gasteiger partial charge on any atom is 0.180 e. The average Bonchev–Trinajstić information content (AvgIpc) is 2.95. The number of nitrogens with zero attached hydrogens (tertiary/aromatic N) is 3. The van der Waals surface area contributed by atoms with Crippen LogP contribution in [0.1, 0.15) is 12.8 Å². The van der Waals surface area contributed by atoms with Gasteiger partial charge in [0.15, 0.2) is 11.5 Å². The van der Waals surface area contributed by atoms with E-state index in [9.17, 15) is 0 Å². The Bertz CT molecular complexity index is 518. The summed E-state index contributed by atoms with van der Waals surface area (Å²) in [6, 6.07) is 0. The van der Waals surface area contributed by atoms with Gasteiger partial charge in [0.1, 0.15) is 5.82 Å². The van der Waals surface area contributed by atoms with E-state index in [1.54, 1.807) is 12.4 Å². The van der Waals surface area contributed by atoms with Crippen LogP contribution in [0.2, 0.25) is 0 Å². The monoisotopic (exact) mass is 233 g/mol. The summed E-state index contributed by atoms with van der Waals surface area (Å²) in [4.78, 5) is 8.51. The number of imidazole rings is 1. The zero-order valence-electron chi connectivity index (χ0n) is 9.47. The van der Waals surface area contributed by atoms with Crippen molar-refractivity contribution in [2.75, 3.05) is 24.2 Å². The molecule has 3 N–H and O–H groups in total. The van der Waals surface area contributed by atoms with Gasteiger partial charge in [-0.25, -0.2) is 9.97 Å². The third kappa shape index (κ3) is 2.03. The summed E-state index contributed by atoms with van der Waals surface area (Å²) in [5.41, 5.74) is 6.53. The molecule has 0 bridgehead atoms. The van der Waals surface area contributed by atoms with Crippen molar-refractivity contribution in [3.8, 4) is 0 Å². The van der Waals surface area contributed by atoms with Gasteiger partial charge in [-0.2, -0.15) is 0 Å². The highest BCUT2D eigenvalue weighted by atomic mass is 16.5. The topological polar surface area (TPSA) is 77.5 Å². The Morgan fingerprint density at radius 2 is 2.53 bits per heavy atom. The van der Waals surface area contributed by atoms with Gasteiger partial charge in [-0.15, -0.1) is 0 Å². The lowest BCUT2D eigenvalue weighted by molar-refractivity contribution is 0.120. The third-order valence-electron chi connectivity index (χ3n) is 2.91. The number of hydrogen-bond acceptors (Lipinski definition) is 5. The maximum absolute atomic E-state index is 5.74. The fourth-order valence-electron chi connectivity index (χ4n) is 2.09. The fraction of sp³-hybridized carbons (Fsp3) is 0.455. The van der Waals surface area contributed by atoms with E-state index in [4.69, 9.17) is 10.5 Å². The van der Waals surface area contributed by atoms with Gasteiger partial charge in [-0.1, -0.05) is 0 Å². The molecule has 0 aromatic carbocycles. The molecule has 2 aromatic rings. The molecule has 1 unspecified atom stereocenters. The van der Waals surface area contributed by atoms with Gasteiger partial charge >= 0.3 is 0 Å². The van der Waals surface area contributed by atoms with Crippen LogP contribution < -0.4 is 11.1 Å². The maximum atomic E-state index is 5.74. The highest BCUT2D eigenvalue weighted by Crippen LogP contribution is 2.17. The van der Waals surface area contributed by atoms with Crippen LogP contribution in [-0.4, -0.2) is 33.6 Å². The number of nitrogens with one attached hydrogen (secondary N) is 1. The van der Waals surface area contributed by atoms with Crippen molar-refractivity contribution in [1.29, 1.82) is 0 Å². The van der Waals surface area contributed by atoms with Crippen LogP contribution in [0.25, 0.3) is 5.65 Å². The van der Waals surface area contributed by atoms with Crippen LogP contribution >= 0.6 is 0 Å². The van der Waals surface area contributed by atoms with Crippen LogP contribution in [-0.2, 0) is 4.74 Å². The quantitative estimate of drug-likeness (QED) is 0.823. The van der Waals surface area contributed by atoms with Gasteiger partial charge in [0.25, 0.3) is 0 Å². The second kappa shape index (κ2) is 4.21. The van der Waals surface area contributed by atoms with E-state index in [-0.39, 0.29) is 6.10 Å². The molecule has 6 heteroatoms. The Labute approximate surface area is 98.8 Å². The number of ether oxygens (including phenoxy) is 1. The fourth-order valence-corrected chi connectivity index (χ4v) is 2.09. The highest BCUT2D eigenvalue weighted by Gasteiger charge is 2.16. The van der Waals surface area contributed by atoms with Crippen LogP contribution in [0.5, 0.6) is 0 Å². The summed E-state index contributed by atoms with van der Waals surface area (Å²) < 4.78 is 7.41. The van der Waals surface area contributed by atoms with Crippen molar-refractivity contribution in [1.82, 2.24) is 14.4 Å². The van der Waals surface area contributed by atoms with E-state index >= 15 is 0 Å². The van der Waals surface area contributed by atoms with Crippen LogP contribution in [0.3, 0.4) is 0 Å². The first-order chi connectivity index (χ1) is 8.33. The van der Waals surface area contributed by atoms with Crippen LogP contribution in [0, 0.1) is 0 Å². The lowest BCUT2D eigenvalue weighted by Gasteiger charge is -2.12. The molecule has 0 spiro atoms. The molecular formula is C11H15N5O. The number of nitrogens with two attached hydrogens (primary N) is 1. The SMILES string of the molecule is Nc1cn2ccnc2c(NCC2CCCO2)n1. The molecule has 1 fully saturated rings.